The van der Waals surface area contributed by atoms with E-state index in [9.17, 15) is 0 Å². The maximum Gasteiger partial charge on any atom is 0.151 e. The molecular weight excluding hydrogens is 216 g/mol. The van der Waals surface area contributed by atoms with Gasteiger partial charge in [-0.2, -0.15) is 0 Å². The molecule has 0 aliphatic carbocycles. The minimum absolute atomic E-state index is 0.307. The molecule has 0 saturated carbocycles. The van der Waals surface area contributed by atoms with Crippen LogP contribution in [0, 0.1) is 0 Å². The van der Waals surface area contributed by atoms with Crippen LogP contribution in [0.2, 0.25) is 0 Å². The molecule has 0 amide bonds. The Morgan fingerprint density at radius 2 is 2.24 bits per heavy atom. The van der Waals surface area contributed by atoms with Crippen LogP contribution in [0.1, 0.15) is 25.0 Å². The topological polar surface area (TPSA) is 64.3 Å². The summed E-state index contributed by atoms with van der Waals surface area (Å²) in [5.41, 5.74) is 6.50. The number of hydrogen-bond donors (Lipinski definition) is 1. The van der Waals surface area contributed by atoms with Crippen LogP contribution < -0.4 is 10.6 Å². The van der Waals surface area contributed by atoms with Crippen LogP contribution in [0.3, 0.4) is 0 Å². The maximum absolute atomic E-state index is 5.72. The van der Waals surface area contributed by atoms with Gasteiger partial charge < -0.3 is 15.4 Å². The molecule has 0 spiro atoms. The lowest BCUT2D eigenvalue weighted by atomic mass is 10.1. The molecule has 2 rings (SSSR count). The zero-order valence-corrected chi connectivity index (χ0v) is 10.3. The molecule has 2 heterocycles. The lowest BCUT2D eigenvalue weighted by Gasteiger charge is -2.28. The molecule has 1 aliphatic heterocycles. The van der Waals surface area contributed by atoms with Gasteiger partial charge in [-0.05, 0) is 19.3 Å². The van der Waals surface area contributed by atoms with E-state index >= 15 is 0 Å². The number of nitrogens with zero attached hydrogens (tertiary/aromatic N) is 3. The van der Waals surface area contributed by atoms with Crippen molar-refractivity contribution in [3.63, 3.8) is 0 Å². The normalized spacial score (nSPS) is 20.2. The first kappa shape index (κ1) is 12.3. The van der Waals surface area contributed by atoms with E-state index in [0.717, 1.165) is 31.1 Å². The van der Waals surface area contributed by atoms with Crippen LogP contribution in [0.5, 0.6) is 0 Å². The Kier molecular flexibility index (Phi) is 4.28. The highest BCUT2D eigenvalue weighted by Gasteiger charge is 2.18. The second kappa shape index (κ2) is 5.93. The van der Waals surface area contributed by atoms with Crippen LogP contribution in [-0.4, -0.2) is 36.3 Å². The van der Waals surface area contributed by atoms with E-state index < -0.39 is 0 Å². The first-order valence-corrected chi connectivity index (χ1v) is 6.14. The molecule has 1 atom stereocenters. The molecule has 1 aliphatic rings. The van der Waals surface area contributed by atoms with Crippen molar-refractivity contribution in [1.29, 1.82) is 0 Å². The fourth-order valence-electron chi connectivity index (χ4n) is 2.17. The number of rotatable bonds is 4. The lowest BCUT2D eigenvalue weighted by molar-refractivity contribution is 0.0215. The Hall–Kier alpha value is -1.20. The summed E-state index contributed by atoms with van der Waals surface area (Å²) in [4.78, 5) is 10.7. The predicted molar refractivity (Wildman–Crippen MR) is 66.8 cm³/mol. The Morgan fingerprint density at radius 1 is 1.41 bits per heavy atom. The summed E-state index contributed by atoms with van der Waals surface area (Å²) < 4.78 is 5.72. The molecule has 0 bridgehead atoms. The summed E-state index contributed by atoms with van der Waals surface area (Å²) in [5.74, 6) is 0.865. The highest BCUT2D eigenvalue weighted by Crippen LogP contribution is 2.17. The van der Waals surface area contributed by atoms with Gasteiger partial charge in [0, 0.05) is 39.1 Å². The first-order valence-electron chi connectivity index (χ1n) is 6.14. The molecule has 1 unspecified atom stereocenters. The Morgan fingerprint density at radius 3 is 2.94 bits per heavy atom. The van der Waals surface area contributed by atoms with Gasteiger partial charge in [0.15, 0.2) is 5.82 Å². The van der Waals surface area contributed by atoms with Gasteiger partial charge >= 0.3 is 0 Å². The third-order valence-electron chi connectivity index (χ3n) is 3.06. The third kappa shape index (κ3) is 3.14. The zero-order valence-electron chi connectivity index (χ0n) is 10.3. The van der Waals surface area contributed by atoms with Crippen molar-refractivity contribution in [1.82, 2.24) is 9.97 Å². The highest BCUT2D eigenvalue weighted by molar-refractivity contribution is 5.42. The van der Waals surface area contributed by atoms with Crippen LogP contribution in [0.4, 0.5) is 5.82 Å². The molecule has 2 N–H and O–H groups in total. The molecule has 1 aromatic heterocycles. The van der Waals surface area contributed by atoms with Crippen LogP contribution in [0.25, 0.3) is 0 Å². The molecule has 5 heteroatoms. The van der Waals surface area contributed by atoms with E-state index in [1.54, 1.807) is 12.4 Å². The van der Waals surface area contributed by atoms with Gasteiger partial charge in [-0.15, -0.1) is 0 Å². The number of ether oxygens (including phenoxy) is 1. The summed E-state index contributed by atoms with van der Waals surface area (Å²) >= 11 is 0. The van der Waals surface area contributed by atoms with E-state index in [-0.39, 0.29) is 0 Å². The smallest absolute Gasteiger partial charge is 0.151 e. The Bertz CT molecular complexity index is 352. The van der Waals surface area contributed by atoms with Crippen molar-refractivity contribution in [2.24, 2.45) is 5.73 Å². The summed E-state index contributed by atoms with van der Waals surface area (Å²) in [6.07, 6.45) is 7.25. The highest BCUT2D eigenvalue weighted by atomic mass is 16.5. The second-order valence-electron chi connectivity index (χ2n) is 4.40. The largest absolute Gasteiger partial charge is 0.376 e. The fraction of sp³-hybridized carbons (Fsp3) is 0.667. The van der Waals surface area contributed by atoms with E-state index in [0.29, 0.717) is 12.6 Å². The van der Waals surface area contributed by atoms with Crippen molar-refractivity contribution in [2.75, 3.05) is 25.1 Å². The number of anilines is 1. The molecule has 17 heavy (non-hydrogen) atoms. The van der Waals surface area contributed by atoms with Crippen molar-refractivity contribution < 1.29 is 4.74 Å². The van der Waals surface area contributed by atoms with Crippen LogP contribution in [-0.2, 0) is 11.3 Å². The molecule has 5 nitrogen and oxygen atoms in total. The van der Waals surface area contributed by atoms with E-state index in [1.807, 2.05) is 7.05 Å². The van der Waals surface area contributed by atoms with Crippen molar-refractivity contribution in [3.05, 3.63) is 18.1 Å². The van der Waals surface area contributed by atoms with Crippen LogP contribution >= 0.6 is 0 Å². The van der Waals surface area contributed by atoms with Gasteiger partial charge in [0.1, 0.15) is 0 Å². The minimum atomic E-state index is 0.307. The van der Waals surface area contributed by atoms with Gasteiger partial charge in [0.05, 0.1) is 11.8 Å². The molecule has 1 saturated heterocycles. The number of nitrogens with two attached hydrogens (primary N) is 1. The number of hydrogen-bond acceptors (Lipinski definition) is 5. The van der Waals surface area contributed by atoms with E-state index in [1.165, 1.54) is 12.8 Å². The number of aromatic nitrogens is 2. The zero-order chi connectivity index (χ0) is 12.1. The Labute approximate surface area is 102 Å². The molecule has 0 radical (unpaired) electrons. The van der Waals surface area contributed by atoms with Crippen LogP contribution in [0.15, 0.2) is 12.4 Å². The maximum atomic E-state index is 5.72. The minimum Gasteiger partial charge on any atom is -0.376 e. The van der Waals surface area contributed by atoms with Gasteiger partial charge in [0.2, 0.25) is 0 Å². The molecular formula is C12H20N4O. The van der Waals surface area contributed by atoms with Crippen molar-refractivity contribution in [2.45, 2.75) is 31.9 Å². The first-order chi connectivity index (χ1) is 8.31. The summed E-state index contributed by atoms with van der Waals surface area (Å²) in [5, 5.41) is 0. The summed E-state index contributed by atoms with van der Waals surface area (Å²) in [6.45, 7) is 2.15. The molecule has 0 aromatic carbocycles. The van der Waals surface area contributed by atoms with E-state index in [4.69, 9.17) is 10.5 Å². The predicted octanol–water partition coefficient (Wildman–Crippen LogP) is 0.941. The van der Waals surface area contributed by atoms with E-state index in [2.05, 4.69) is 14.9 Å². The fourth-order valence-corrected chi connectivity index (χ4v) is 2.17. The van der Waals surface area contributed by atoms with Crippen molar-refractivity contribution in [3.8, 4) is 0 Å². The third-order valence-corrected chi connectivity index (χ3v) is 3.06. The molecule has 1 aromatic rings. The molecule has 94 valence electrons. The van der Waals surface area contributed by atoms with Crippen molar-refractivity contribution >= 4 is 5.82 Å². The standard InChI is InChI=1S/C12H20N4O/c1-16(9-10-4-2-3-7-17-10)12-11(8-13)14-5-6-15-12/h5-6,10H,2-4,7-9,13H2,1H3. The SMILES string of the molecule is CN(CC1CCCCO1)c1nccnc1CN. The average molecular weight is 236 g/mol. The molecule has 1 fully saturated rings. The van der Waals surface area contributed by atoms with Gasteiger partial charge in [-0.3, -0.25) is 4.98 Å². The second-order valence-corrected chi connectivity index (χ2v) is 4.40. The van der Waals surface area contributed by atoms with Gasteiger partial charge in [-0.25, -0.2) is 4.98 Å². The number of likely N-dealkylation sites (N-methyl/N-ethyl adjacent to an activating group) is 1. The average Bonchev–Trinajstić information content (AvgIpc) is 2.40. The monoisotopic (exact) mass is 236 g/mol. The summed E-state index contributed by atoms with van der Waals surface area (Å²) in [7, 11) is 2.02. The quantitative estimate of drug-likeness (QED) is 0.843. The Balaban J connectivity index is 2.00. The lowest BCUT2D eigenvalue weighted by Crippen LogP contribution is -2.34. The van der Waals surface area contributed by atoms with Gasteiger partial charge in [0.25, 0.3) is 0 Å². The summed E-state index contributed by atoms with van der Waals surface area (Å²) in [6, 6.07) is 0. The van der Waals surface area contributed by atoms with Gasteiger partial charge in [-0.1, -0.05) is 0 Å².